The second-order valence-corrected chi connectivity index (χ2v) is 4.41. The van der Waals surface area contributed by atoms with Crippen molar-refractivity contribution in [1.29, 1.82) is 0 Å². The smallest absolute Gasteiger partial charge is 0.398 e. The van der Waals surface area contributed by atoms with Crippen molar-refractivity contribution in [2.45, 2.75) is 19.0 Å². The maximum absolute atomic E-state index is 12.6. The number of nitrogens with zero attached hydrogens (tertiary/aromatic N) is 2. The second-order valence-electron chi connectivity index (χ2n) is 4.41. The minimum absolute atomic E-state index is 0.0584. The molecule has 2 N–H and O–H groups in total. The van der Waals surface area contributed by atoms with Crippen LogP contribution < -0.4 is 5.73 Å². The van der Waals surface area contributed by atoms with Crippen LogP contribution in [0.4, 0.5) is 18.9 Å². The van der Waals surface area contributed by atoms with Gasteiger partial charge in [-0.25, -0.2) is 0 Å². The molecule has 0 amide bonds. The van der Waals surface area contributed by atoms with E-state index < -0.39 is 11.7 Å². The molecule has 0 saturated heterocycles. The Morgan fingerprint density at radius 2 is 2.10 bits per heavy atom. The molecule has 8 heteroatoms. The number of halogens is 3. The number of hydrogen-bond donors (Lipinski definition) is 1. The van der Waals surface area contributed by atoms with Crippen molar-refractivity contribution in [3.63, 3.8) is 0 Å². The summed E-state index contributed by atoms with van der Waals surface area (Å²) in [5.74, 6) is 0.565. The predicted octanol–water partition coefficient (Wildman–Crippen LogP) is 2.92. The summed E-state index contributed by atoms with van der Waals surface area (Å²) < 4.78 is 47.6. The fourth-order valence-electron chi connectivity index (χ4n) is 1.77. The van der Waals surface area contributed by atoms with Gasteiger partial charge < -0.3 is 15.0 Å². The zero-order valence-corrected chi connectivity index (χ0v) is 11.3. The van der Waals surface area contributed by atoms with Crippen molar-refractivity contribution in [3.05, 3.63) is 29.6 Å². The molecule has 2 aromatic rings. The van der Waals surface area contributed by atoms with E-state index in [9.17, 15) is 13.2 Å². The van der Waals surface area contributed by atoms with Gasteiger partial charge in [0, 0.05) is 25.8 Å². The molecule has 0 aliphatic rings. The first-order valence-corrected chi connectivity index (χ1v) is 6.20. The Bertz CT molecular complexity index is 611. The Labute approximate surface area is 118 Å². The molecule has 21 heavy (non-hydrogen) atoms. The molecule has 2 rings (SSSR count). The van der Waals surface area contributed by atoms with E-state index >= 15 is 0 Å². The van der Waals surface area contributed by atoms with Crippen LogP contribution in [0.1, 0.15) is 17.8 Å². The van der Waals surface area contributed by atoms with Crippen molar-refractivity contribution >= 4 is 5.69 Å². The lowest BCUT2D eigenvalue weighted by atomic mass is 10.1. The predicted molar refractivity (Wildman–Crippen MR) is 69.3 cm³/mol. The number of alkyl halides is 3. The van der Waals surface area contributed by atoms with Crippen LogP contribution in [0.5, 0.6) is 0 Å². The first-order valence-electron chi connectivity index (χ1n) is 6.20. The van der Waals surface area contributed by atoms with Gasteiger partial charge in [-0.15, -0.1) is 0 Å². The van der Waals surface area contributed by atoms with Crippen molar-refractivity contribution in [2.24, 2.45) is 0 Å². The van der Waals surface area contributed by atoms with Crippen LogP contribution in [-0.4, -0.2) is 23.9 Å². The number of anilines is 1. The third kappa shape index (κ3) is 3.72. The average Bonchev–Trinajstić information content (AvgIpc) is 2.86. The first kappa shape index (κ1) is 15.3. The fraction of sp³-hybridized carbons (Fsp3) is 0.385. The number of rotatable bonds is 5. The molecule has 1 aromatic carbocycles. The Morgan fingerprint density at radius 1 is 1.33 bits per heavy atom. The number of benzene rings is 1. The van der Waals surface area contributed by atoms with Gasteiger partial charge in [-0.2, -0.15) is 18.2 Å². The molecular formula is C13H14F3N3O2. The molecule has 0 unspecified atom stereocenters. The lowest BCUT2D eigenvalue weighted by Gasteiger charge is -2.08. The summed E-state index contributed by atoms with van der Waals surface area (Å²) in [6.45, 7) is 0.562. The zero-order chi connectivity index (χ0) is 15.5. The standard InChI is InChI=1S/C13H14F3N3O2/c1-20-6-2-3-11-18-12(21-19-11)9-5-4-8(7-10(9)17)13(14,15)16/h4-5,7H,2-3,6,17H2,1H3. The molecule has 0 saturated carbocycles. The van der Waals surface area contributed by atoms with Gasteiger partial charge >= 0.3 is 6.18 Å². The second kappa shape index (κ2) is 6.13. The number of ether oxygens (including phenoxy) is 1. The van der Waals surface area contributed by atoms with Crippen LogP contribution in [0.3, 0.4) is 0 Å². The van der Waals surface area contributed by atoms with E-state index in [1.54, 1.807) is 7.11 Å². The van der Waals surface area contributed by atoms with E-state index in [0.717, 1.165) is 18.6 Å². The van der Waals surface area contributed by atoms with Crippen molar-refractivity contribution in [3.8, 4) is 11.5 Å². The van der Waals surface area contributed by atoms with Gasteiger partial charge in [0.15, 0.2) is 5.82 Å². The lowest BCUT2D eigenvalue weighted by molar-refractivity contribution is -0.137. The highest BCUT2D eigenvalue weighted by molar-refractivity contribution is 5.71. The first-order chi connectivity index (χ1) is 9.91. The highest BCUT2D eigenvalue weighted by atomic mass is 19.4. The number of nitrogens with two attached hydrogens (primary N) is 1. The number of aromatic nitrogens is 2. The molecule has 1 heterocycles. The molecule has 0 spiro atoms. The third-order valence-corrected chi connectivity index (χ3v) is 2.83. The van der Waals surface area contributed by atoms with Crippen LogP contribution in [0.15, 0.2) is 22.7 Å². The minimum atomic E-state index is -4.44. The molecule has 0 bridgehead atoms. The van der Waals surface area contributed by atoms with Gasteiger partial charge in [0.25, 0.3) is 5.89 Å². The van der Waals surface area contributed by atoms with Gasteiger partial charge in [-0.3, -0.25) is 0 Å². The molecular weight excluding hydrogens is 287 g/mol. The summed E-state index contributed by atoms with van der Waals surface area (Å²) in [4.78, 5) is 4.11. The Morgan fingerprint density at radius 3 is 2.71 bits per heavy atom. The van der Waals surface area contributed by atoms with Crippen molar-refractivity contribution in [1.82, 2.24) is 10.1 Å². The van der Waals surface area contributed by atoms with Crippen molar-refractivity contribution in [2.75, 3.05) is 19.5 Å². The monoisotopic (exact) mass is 301 g/mol. The fourth-order valence-corrected chi connectivity index (χ4v) is 1.77. The van der Waals surface area contributed by atoms with E-state index in [4.69, 9.17) is 15.0 Å². The van der Waals surface area contributed by atoms with Gasteiger partial charge in [-0.1, -0.05) is 5.16 Å². The summed E-state index contributed by atoms with van der Waals surface area (Å²) in [6.07, 6.45) is -3.16. The van der Waals surface area contributed by atoms with E-state index in [1.807, 2.05) is 0 Å². The van der Waals surface area contributed by atoms with Crippen LogP contribution in [0.25, 0.3) is 11.5 Å². The largest absolute Gasteiger partial charge is 0.416 e. The normalized spacial score (nSPS) is 11.8. The molecule has 1 aromatic heterocycles. The molecule has 0 aliphatic heterocycles. The molecule has 0 atom stereocenters. The number of aryl methyl sites for hydroxylation is 1. The van der Waals surface area contributed by atoms with Gasteiger partial charge in [0.2, 0.25) is 0 Å². The van der Waals surface area contributed by atoms with Gasteiger partial charge in [-0.05, 0) is 24.6 Å². The molecule has 0 radical (unpaired) electrons. The van der Waals surface area contributed by atoms with Crippen LogP contribution in [-0.2, 0) is 17.3 Å². The lowest BCUT2D eigenvalue weighted by Crippen LogP contribution is -2.06. The average molecular weight is 301 g/mol. The minimum Gasteiger partial charge on any atom is -0.398 e. The molecule has 0 aliphatic carbocycles. The quantitative estimate of drug-likeness (QED) is 0.679. The summed E-state index contributed by atoms with van der Waals surface area (Å²) in [5, 5.41) is 3.76. The Hall–Kier alpha value is -2.09. The maximum Gasteiger partial charge on any atom is 0.416 e. The van der Waals surface area contributed by atoms with E-state index in [-0.39, 0.29) is 17.1 Å². The molecule has 5 nitrogen and oxygen atoms in total. The summed E-state index contributed by atoms with van der Waals surface area (Å²) in [6, 6.07) is 3.01. The van der Waals surface area contributed by atoms with E-state index in [1.165, 1.54) is 6.07 Å². The highest BCUT2D eigenvalue weighted by Gasteiger charge is 2.31. The van der Waals surface area contributed by atoms with Crippen LogP contribution in [0.2, 0.25) is 0 Å². The van der Waals surface area contributed by atoms with Crippen LogP contribution in [0, 0.1) is 0 Å². The SMILES string of the molecule is COCCCc1noc(-c2ccc(C(F)(F)F)cc2N)n1. The third-order valence-electron chi connectivity index (χ3n) is 2.83. The molecule has 0 fully saturated rings. The Kier molecular flexibility index (Phi) is 4.46. The molecule has 114 valence electrons. The zero-order valence-electron chi connectivity index (χ0n) is 11.3. The van der Waals surface area contributed by atoms with Crippen molar-refractivity contribution < 1.29 is 22.4 Å². The number of nitrogen functional groups attached to an aromatic ring is 1. The Balaban J connectivity index is 2.19. The summed E-state index contributed by atoms with van der Waals surface area (Å²) in [7, 11) is 1.59. The number of hydrogen-bond acceptors (Lipinski definition) is 5. The van der Waals surface area contributed by atoms with Gasteiger partial charge in [0.1, 0.15) is 0 Å². The maximum atomic E-state index is 12.6. The highest BCUT2D eigenvalue weighted by Crippen LogP contribution is 2.34. The topological polar surface area (TPSA) is 74.2 Å². The van der Waals surface area contributed by atoms with E-state index in [2.05, 4.69) is 10.1 Å². The van der Waals surface area contributed by atoms with Crippen LogP contribution >= 0.6 is 0 Å². The summed E-state index contributed by atoms with van der Waals surface area (Å²) in [5.41, 5.74) is 5.04. The van der Waals surface area contributed by atoms with Gasteiger partial charge in [0.05, 0.1) is 11.1 Å². The van der Waals surface area contributed by atoms with E-state index in [0.29, 0.717) is 18.9 Å². The summed E-state index contributed by atoms with van der Waals surface area (Å²) >= 11 is 0. The number of methoxy groups -OCH3 is 1.